The minimum Gasteiger partial charge on any atom is -0.456 e. The summed E-state index contributed by atoms with van der Waals surface area (Å²) < 4.78 is 10.1. The van der Waals surface area contributed by atoms with Gasteiger partial charge in [-0.2, -0.15) is 0 Å². The van der Waals surface area contributed by atoms with Gasteiger partial charge in [-0.15, -0.1) is 0 Å². The molecule has 2 aromatic carbocycles. The average molecular weight is 551 g/mol. The molecule has 5 rings (SSSR count). The molecule has 1 fully saturated rings. The minimum atomic E-state index is -0.545. The molecular formula is C28H31ClN6O4. The maximum atomic E-state index is 13.0. The molecule has 204 valence electrons. The molecule has 1 unspecified atom stereocenters. The summed E-state index contributed by atoms with van der Waals surface area (Å²) in [6.07, 6.45) is 0.981. The van der Waals surface area contributed by atoms with E-state index >= 15 is 0 Å². The van der Waals surface area contributed by atoms with Crippen molar-refractivity contribution in [3.8, 4) is 0 Å². The maximum absolute atomic E-state index is 13.0. The lowest BCUT2D eigenvalue weighted by Gasteiger charge is -2.36. The number of ether oxygens (including phenoxy) is 1. The van der Waals surface area contributed by atoms with E-state index in [1.54, 1.807) is 35.9 Å². The van der Waals surface area contributed by atoms with E-state index in [-0.39, 0.29) is 6.54 Å². The summed E-state index contributed by atoms with van der Waals surface area (Å²) in [6, 6.07) is 16.8. The summed E-state index contributed by atoms with van der Waals surface area (Å²) in [7, 11) is 3.02. The third-order valence-corrected chi connectivity index (χ3v) is 7.36. The Hall–Kier alpha value is -3.73. The van der Waals surface area contributed by atoms with Crippen LogP contribution in [0, 0.1) is 0 Å². The van der Waals surface area contributed by atoms with Crippen molar-refractivity contribution in [3.63, 3.8) is 0 Å². The molecule has 0 aliphatic carbocycles. The molecule has 0 bridgehead atoms. The lowest BCUT2D eigenvalue weighted by atomic mass is 10.2. The molecule has 11 heteroatoms. The Kier molecular flexibility index (Phi) is 7.97. The largest absolute Gasteiger partial charge is 0.456 e. The Morgan fingerprint density at radius 1 is 0.949 bits per heavy atom. The molecule has 0 radical (unpaired) electrons. The topological polar surface area (TPSA) is 94.6 Å². The standard InChI is InChI=1S/C28H31ClN6O4/c1-31-25-24(26(36)32(2)28(31)38)35(19-30-25)18-23(39-27(37)21-8-4-3-5-9-21)17-34-13-11-33(12-14-34)16-20-7-6-10-22(29)15-20/h3-10,15,19,23H,11-14,16-18H2,1-2H3. The van der Waals surface area contributed by atoms with Gasteiger partial charge < -0.3 is 9.30 Å². The molecule has 1 aliphatic rings. The first kappa shape index (κ1) is 26.9. The Balaban J connectivity index is 1.33. The number of aromatic nitrogens is 4. The van der Waals surface area contributed by atoms with E-state index in [0.29, 0.717) is 23.3 Å². The van der Waals surface area contributed by atoms with Gasteiger partial charge in [0.15, 0.2) is 11.2 Å². The smallest absolute Gasteiger partial charge is 0.338 e. The monoisotopic (exact) mass is 550 g/mol. The number of benzene rings is 2. The lowest BCUT2D eigenvalue weighted by molar-refractivity contribution is 0.00920. The molecule has 4 aromatic rings. The van der Waals surface area contributed by atoms with Gasteiger partial charge >= 0.3 is 11.7 Å². The van der Waals surface area contributed by atoms with Gasteiger partial charge in [0.2, 0.25) is 0 Å². The second-order valence-corrected chi connectivity index (χ2v) is 10.3. The number of halogens is 1. The highest BCUT2D eigenvalue weighted by Gasteiger charge is 2.25. The van der Waals surface area contributed by atoms with Gasteiger partial charge in [-0.3, -0.25) is 23.7 Å². The highest BCUT2D eigenvalue weighted by molar-refractivity contribution is 6.30. The van der Waals surface area contributed by atoms with Crippen LogP contribution in [0.5, 0.6) is 0 Å². The van der Waals surface area contributed by atoms with Gasteiger partial charge in [-0.25, -0.2) is 14.6 Å². The fourth-order valence-electron chi connectivity index (χ4n) is 4.99. The van der Waals surface area contributed by atoms with Crippen molar-refractivity contribution >= 4 is 28.7 Å². The van der Waals surface area contributed by atoms with Gasteiger partial charge in [-0.1, -0.05) is 41.9 Å². The number of carbonyl (C=O) groups is 1. The van der Waals surface area contributed by atoms with Crippen LogP contribution < -0.4 is 11.2 Å². The van der Waals surface area contributed by atoms with Crippen molar-refractivity contribution in [1.29, 1.82) is 0 Å². The summed E-state index contributed by atoms with van der Waals surface area (Å²) in [5.41, 5.74) is 1.35. The summed E-state index contributed by atoms with van der Waals surface area (Å²) in [5, 5.41) is 0.733. The van der Waals surface area contributed by atoms with Crippen LogP contribution in [-0.2, 0) is 31.9 Å². The number of fused-ring (bicyclic) bond motifs is 1. The molecule has 0 spiro atoms. The summed E-state index contributed by atoms with van der Waals surface area (Å²) >= 11 is 6.15. The number of piperazine rings is 1. The zero-order chi connectivity index (χ0) is 27.5. The molecule has 0 N–H and O–H groups in total. The number of imidazole rings is 1. The van der Waals surface area contributed by atoms with Crippen LogP contribution in [0.1, 0.15) is 15.9 Å². The summed E-state index contributed by atoms with van der Waals surface area (Å²) in [4.78, 5) is 47.3. The average Bonchev–Trinajstić information content (AvgIpc) is 3.36. The van der Waals surface area contributed by atoms with E-state index in [0.717, 1.165) is 42.3 Å². The highest BCUT2D eigenvalue weighted by Crippen LogP contribution is 2.16. The van der Waals surface area contributed by atoms with E-state index in [1.807, 2.05) is 24.3 Å². The zero-order valence-electron chi connectivity index (χ0n) is 22.0. The Bertz CT molecular complexity index is 1590. The molecule has 0 amide bonds. The first-order valence-electron chi connectivity index (χ1n) is 12.9. The lowest BCUT2D eigenvalue weighted by Crippen LogP contribution is -2.49. The maximum Gasteiger partial charge on any atom is 0.338 e. The second kappa shape index (κ2) is 11.6. The van der Waals surface area contributed by atoms with Crippen LogP contribution in [0.15, 0.2) is 70.5 Å². The normalized spacial score (nSPS) is 15.5. The van der Waals surface area contributed by atoms with Gasteiger partial charge in [-0.05, 0) is 29.8 Å². The Morgan fingerprint density at radius 3 is 2.38 bits per heavy atom. The molecule has 1 atom stereocenters. The molecule has 39 heavy (non-hydrogen) atoms. The van der Waals surface area contributed by atoms with Crippen molar-refractivity contribution in [2.75, 3.05) is 32.7 Å². The number of hydrogen-bond donors (Lipinski definition) is 0. The molecule has 0 saturated carbocycles. The first-order chi connectivity index (χ1) is 18.8. The Morgan fingerprint density at radius 2 is 1.67 bits per heavy atom. The predicted molar refractivity (Wildman–Crippen MR) is 149 cm³/mol. The Labute approximate surface area is 230 Å². The van der Waals surface area contributed by atoms with Crippen LogP contribution in [0.3, 0.4) is 0 Å². The van der Waals surface area contributed by atoms with Crippen LogP contribution in [0.4, 0.5) is 0 Å². The van der Waals surface area contributed by atoms with E-state index in [2.05, 4.69) is 20.9 Å². The third kappa shape index (κ3) is 5.98. The quantitative estimate of drug-likeness (QED) is 0.310. The molecule has 1 saturated heterocycles. The molecule has 1 aliphatic heterocycles. The van der Waals surface area contributed by atoms with Gasteiger partial charge in [0, 0.05) is 58.4 Å². The summed E-state index contributed by atoms with van der Waals surface area (Å²) in [6.45, 7) is 4.89. The molecule has 10 nitrogen and oxygen atoms in total. The highest BCUT2D eigenvalue weighted by atomic mass is 35.5. The summed E-state index contributed by atoms with van der Waals surface area (Å²) in [5.74, 6) is -0.426. The third-order valence-electron chi connectivity index (χ3n) is 7.12. The molecule has 3 heterocycles. The van der Waals surface area contributed by atoms with Crippen LogP contribution in [0.25, 0.3) is 11.2 Å². The van der Waals surface area contributed by atoms with Crippen molar-refractivity contribution in [2.24, 2.45) is 14.1 Å². The number of carbonyl (C=O) groups excluding carboxylic acids is 1. The number of hydrogen-bond acceptors (Lipinski definition) is 7. The van der Waals surface area contributed by atoms with Gasteiger partial charge in [0.1, 0.15) is 6.10 Å². The van der Waals surface area contributed by atoms with Gasteiger partial charge in [0.25, 0.3) is 5.56 Å². The van der Waals surface area contributed by atoms with Crippen LogP contribution in [-0.4, -0.2) is 73.3 Å². The van der Waals surface area contributed by atoms with E-state index < -0.39 is 23.3 Å². The van der Waals surface area contributed by atoms with Crippen LogP contribution >= 0.6 is 11.6 Å². The predicted octanol–water partition coefficient (Wildman–Crippen LogP) is 2.13. The van der Waals surface area contributed by atoms with Gasteiger partial charge in [0.05, 0.1) is 18.4 Å². The number of nitrogens with zero attached hydrogens (tertiary/aromatic N) is 6. The fraction of sp³-hybridized carbons (Fsp3) is 0.357. The van der Waals surface area contributed by atoms with E-state index in [1.165, 1.54) is 23.5 Å². The molecule has 2 aromatic heterocycles. The SMILES string of the molecule is Cn1c(=O)c2c(ncn2CC(CN2CCN(Cc3cccc(Cl)c3)CC2)OC(=O)c2ccccc2)n(C)c1=O. The molecular weight excluding hydrogens is 520 g/mol. The van der Waals surface area contributed by atoms with E-state index in [4.69, 9.17) is 16.3 Å². The number of aryl methyl sites for hydroxylation is 1. The minimum absolute atomic E-state index is 0.227. The van der Waals surface area contributed by atoms with Crippen molar-refractivity contribution in [3.05, 3.63) is 97.9 Å². The van der Waals surface area contributed by atoms with E-state index in [9.17, 15) is 14.4 Å². The van der Waals surface area contributed by atoms with Crippen molar-refractivity contribution < 1.29 is 9.53 Å². The van der Waals surface area contributed by atoms with Crippen LogP contribution in [0.2, 0.25) is 5.02 Å². The van der Waals surface area contributed by atoms with Crippen molar-refractivity contribution in [2.45, 2.75) is 19.2 Å². The second-order valence-electron chi connectivity index (χ2n) is 9.87. The number of rotatable bonds is 8. The van der Waals surface area contributed by atoms with Crippen molar-refractivity contribution in [1.82, 2.24) is 28.5 Å². The fourth-order valence-corrected chi connectivity index (χ4v) is 5.21. The zero-order valence-corrected chi connectivity index (χ0v) is 22.8. The first-order valence-corrected chi connectivity index (χ1v) is 13.2. The number of esters is 1.